The maximum Gasteiger partial charge on any atom is 0.573 e. The summed E-state index contributed by atoms with van der Waals surface area (Å²) in [6, 6.07) is 0.648. The van der Waals surface area contributed by atoms with E-state index in [-0.39, 0.29) is 3.57 Å². The minimum Gasteiger partial charge on any atom is -0.464 e. The van der Waals surface area contributed by atoms with E-state index < -0.39 is 35.9 Å². The van der Waals surface area contributed by atoms with Gasteiger partial charge < -0.3 is 9.47 Å². The molecule has 0 saturated heterocycles. The van der Waals surface area contributed by atoms with Gasteiger partial charge in [-0.1, -0.05) is 0 Å². The number of pyridine rings is 1. The van der Waals surface area contributed by atoms with Crippen molar-refractivity contribution in [2.45, 2.75) is 12.8 Å². The number of nitrogens with zero attached hydrogens (tertiary/aromatic N) is 1. The molecule has 0 fully saturated rings. The van der Waals surface area contributed by atoms with Crippen LogP contribution in [0, 0.1) is 3.57 Å². The highest BCUT2D eigenvalue weighted by molar-refractivity contribution is 14.1. The number of hydrogen-bond acceptors (Lipinski definition) is 4. The molecule has 0 aliphatic rings. The predicted octanol–water partition coefficient (Wildman–Crippen LogP) is 3.31. The molecule has 4 nitrogen and oxygen atoms in total. The fourth-order valence-electron chi connectivity index (χ4n) is 1.09. The summed E-state index contributed by atoms with van der Waals surface area (Å²) in [6.45, 7) is 0. The summed E-state index contributed by atoms with van der Waals surface area (Å²) in [5.74, 6) is -2.19. The summed E-state index contributed by atoms with van der Waals surface area (Å²) >= 11 is 1.46. The van der Waals surface area contributed by atoms with Gasteiger partial charge in [-0.25, -0.2) is 18.6 Å². The third-order valence-electron chi connectivity index (χ3n) is 1.78. The monoisotopic (exact) mass is 397 g/mol. The average Bonchev–Trinajstić information content (AvgIpc) is 2.25. The van der Waals surface area contributed by atoms with Gasteiger partial charge in [0.2, 0.25) is 0 Å². The fourth-order valence-corrected chi connectivity index (χ4v) is 1.71. The van der Waals surface area contributed by atoms with E-state index in [1.165, 1.54) is 22.6 Å². The van der Waals surface area contributed by atoms with Crippen molar-refractivity contribution in [3.05, 3.63) is 21.0 Å². The van der Waals surface area contributed by atoms with Crippen LogP contribution in [0.2, 0.25) is 0 Å². The second-order valence-electron chi connectivity index (χ2n) is 3.04. The van der Waals surface area contributed by atoms with E-state index in [2.05, 4.69) is 14.5 Å². The van der Waals surface area contributed by atoms with Crippen LogP contribution in [0.25, 0.3) is 0 Å². The molecule has 0 aliphatic heterocycles. The first-order chi connectivity index (χ1) is 8.65. The number of ether oxygens (including phenoxy) is 2. The lowest BCUT2D eigenvalue weighted by atomic mass is 10.2. The van der Waals surface area contributed by atoms with Gasteiger partial charge in [-0.2, -0.15) is 0 Å². The van der Waals surface area contributed by atoms with E-state index in [0.29, 0.717) is 6.07 Å². The van der Waals surface area contributed by atoms with E-state index in [9.17, 15) is 26.7 Å². The van der Waals surface area contributed by atoms with Crippen LogP contribution in [-0.4, -0.2) is 24.4 Å². The van der Waals surface area contributed by atoms with Crippen molar-refractivity contribution in [3.63, 3.8) is 0 Å². The lowest BCUT2D eigenvalue weighted by molar-refractivity contribution is -0.275. The molecule has 0 atom stereocenters. The topological polar surface area (TPSA) is 48.4 Å². The number of esters is 1. The van der Waals surface area contributed by atoms with Crippen LogP contribution in [0.1, 0.15) is 22.6 Å². The lowest BCUT2D eigenvalue weighted by Crippen LogP contribution is -2.20. The maximum absolute atomic E-state index is 12.6. The second kappa shape index (κ2) is 5.84. The first-order valence-corrected chi connectivity index (χ1v) is 5.56. The van der Waals surface area contributed by atoms with Crippen LogP contribution in [0.3, 0.4) is 0 Å². The van der Waals surface area contributed by atoms with E-state index in [0.717, 1.165) is 7.11 Å². The molecule has 0 amide bonds. The SMILES string of the molecule is COC(=O)c1nc(C(F)F)c(OC(F)(F)F)cc1I. The number of aromatic nitrogens is 1. The van der Waals surface area contributed by atoms with Gasteiger partial charge in [0.1, 0.15) is 5.69 Å². The van der Waals surface area contributed by atoms with Crippen molar-refractivity contribution >= 4 is 28.6 Å². The summed E-state index contributed by atoms with van der Waals surface area (Å²) in [7, 11) is 0.988. The maximum atomic E-state index is 12.6. The molecule has 0 unspecified atom stereocenters. The Bertz CT molecular complexity index is 491. The van der Waals surface area contributed by atoms with Crippen molar-refractivity contribution in [2.75, 3.05) is 7.11 Å². The van der Waals surface area contributed by atoms with Crippen LogP contribution in [-0.2, 0) is 4.74 Å². The molecule has 0 aromatic carbocycles. The Balaban J connectivity index is 3.33. The van der Waals surface area contributed by atoms with Crippen molar-refractivity contribution in [3.8, 4) is 5.75 Å². The normalized spacial score (nSPS) is 11.6. The Kier molecular flexibility index (Phi) is 4.87. The highest BCUT2D eigenvalue weighted by atomic mass is 127. The Morgan fingerprint density at radius 3 is 2.42 bits per heavy atom. The van der Waals surface area contributed by atoms with Crippen LogP contribution >= 0.6 is 22.6 Å². The molecule has 106 valence electrons. The van der Waals surface area contributed by atoms with Crippen molar-refractivity contribution in [1.82, 2.24) is 4.98 Å². The molecule has 1 heterocycles. The third-order valence-corrected chi connectivity index (χ3v) is 2.60. The van der Waals surface area contributed by atoms with E-state index in [1.807, 2.05) is 0 Å². The van der Waals surface area contributed by atoms with Crippen LogP contribution in [0.5, 0.6) is 5.75 Å². The smallest absolute Gasteiger partial charge is 0.464 e. The minimum absolute atomic E-state index is 0.104. The van der Waals surface area contributed by atoms with Gasteiger partial charge in [0.25, 0.3) is 6.43 Å². The Labute approximate surface area is 117 Å². The summed E-state index contributed by atoms with van der Waals surface area (Å²) in [4.78, 5) is 14.4. The molecule has 1 aromatic heterocycles. The molecule has 0 saturated carbocycles. The fraction of sp³-hybridized carbons (Fsp3) is 0.333. The molecular formula is C9H5F5INO3. The largest absolute Gasteiger partial charge is 0.573 e. The van der Waals surface area contributed by atoms with Crippen molar-refractivity contribution < 1.29 is 36.2 Å². The van der Waals surface area contributed by atoms with Crippen molar-refractivity contribution in [1.29, 1.82) is 0 Å². The van der Waals surface area contributed by atoms with Gasteiger partial charge in [0, 0.05) is 3.57 Å². The van der Waals surface area contributed by atoms with Crippen molar-refractivity contribution in [2.24, 2.45) is 0 Å². The van der Waals surface area contributed by atoms with E-state index >= 15 is 0 Å². The Morgan fingerprint density at radius 2 is 2.00 bits per heavy atom. The molecule has 0 radical (unpaired) electrons. The summed E-state index contributed by atoms with van der Waals surface area (Å²) in [5, 5.41) is 0. The second-order valence-corrected chi connectivity index (χ2v) is 4.20. The molecule has 10 heteroatoms. The molecule has 1 rings (SSSR count). The minimum atomic E-state index is -5.14. The Morgan fingerprint density at radius 1 is 1.42 bits per heavy atom. The number of halogens is 6. The summed E-state index contributed by atoms with van der Waals surface area (Å²) < 4.78 is 69.0. The molecule has 0 aliphatic carbocycles. The highest BCUT2D eigenvalue weighted by Crippen LogP contribution is 2.33. The van der Waals surface area contributed by atoms with Gasteiger partial charge in [-0.3, -0.25) is 0 Å². The third kappa shape index (κ3) is 4.14. The average molecular weight is 397 g/mol. The number of hydrogen-bond donors (Lipinski definition) is 0. The quantitative estimate of drug-likeness (QED) is 0.446. The van der Waals surface area contributed by atoms with Gasteiger partial charge in [0.15, 0.2) is 11.4 Å². The lowest BCUT2D eigenvalue weighted by Gasteiger charge is -2.14. The number of methoxy groups -OCH3 is 1. The molecule has 0 bridgehead atoms. The number of carbonyl (C=O) groups is 1. The molecule has 0 N–H and O–H groups in total. The standard InChI is InChI=1S/C9H5F5INO3/c1-18-8(17)5-3(15)2-4(19-9(12,13)14)6(16-5)7(10)11/h2,7H,1H3. The number of carbonyl (C=O) groups excluding carboxylic acids is 1. The highest BCUT2D eigenvalue weighted by Gasteiger charge is 2.34. The molecule has 19 heavy (non-hydrogen) atoms. The zero-order chi connectivity index (χ0) is 14.8. The zero-order valence-corrected chi connectivity index (χ0v) is 11.3. The Hall–Kier alpha value is -1.20. The first kappa shape index (κ1) is 15.9. The zero-order valence-electron chi connectivity index (χ0n) is 9.09. The van der Waals surface area contributed by atoms with Crippen LogP contribution in [0.4, 0.5) is 22.0 Å². The number of rotatable bonds is 3. The first-order valence-electron chi connectivity index (χ1n) is 4.48. The van der Waals surface area contributed by atoms with Gasteiger partial charge in [-0.15, -0.1) is 13.2 Å². The molecule has 0 spiro atoms. The molecular weight excluding hydrogens is 392 g/mol. The van der Waals surface area contributed by atoms with Gasteiger partial charge in [0.05, 0.1) is 7.11 Å². The predicted molar refractivity (Wildman–Crippen MR) is 59.9 cm³/mol. The van der Waals surface area contributed by atoms with Crippen LogP contribution in [0.15, 0.2) is 6.07 Å². The van der Waals surface area contributed by atoms with Gasteiger partial charge >= 0.3 is 12.3 Å². The number of alkyl halides is 5. The van der Waals surface area contributed by atoms with E-state index in [1.54, 1.807) is 0 Å². The summed E-state index contributed by atoms with van der Waals surface area (Å²) in [6.07, 6.45) is -8.47. The molecule has 1 aromatic rings. The summed E-state index contributed by atoms with van der Waals surface area (Å²) in [5.41, 5.74) is -1.79. The van der Waals surface area contributed by atoms with Crippen LogP contribution < -0.4 is 4.74 Å². The van der Waals surface area contributed by atoms with E-state index in [4.69, 9.17) is 0 Å². The van der Waals surface area contributed by atoms with Gasteiger partial charge in [-0.05, 0) is 28.7 Å².